The minimum atomic E-state index is 0.121. The van der Waals surface area contributed by atoms with Crippen molar-refractivity contribution in [3.05, 3.63) is 186 Å². The average molecular weight is 828 g/mol. The number of fused-ring (bicyclic) bond motifs is 6. The molecule has 0 aromatic heterocycles. The molecule has 0 aliphatic heterocycles. The molecule has 8 fully saturated rings. The third kappa shape index (κ3) is 4.71. The summed E-state index contributed by atoms with van der Waals surface area (Å²) in [7, 11) is 0. The van der Waals surface area contributed by atoms with Crippen LogP contribution in [0.15, 0.2) is 164 Å². The zero-order valence-corrected chi connectivity index (χ0v) is 37.1. The van der Waals surface area contributed by atoms with Crippen molar-refractivity contribution in [2.24, 2.45) is 53.3 Å². The van der Waals surface area contributed by atoms with E-state index in [1.807, 2.05) is 0 Å². The molecule has 0 radical (unpaired) electrons. The van der Waals surface area contributed by atoms with Crippen LogP contribution in [-0.4, -0.2) is 0 Å². The molecule has 8 saturated carbocycles. The van der Waals surface area contributed by atoms with Crippen molar-refractivity contribution in [3.8, 4) is 44.5 Å². The summed E-state index contributed by atoms with van der Waals surface area (Å²) in [5.74, 6) is 7.40. The molecule has 8 bridgehead atoms. The first kappa shape index (κ1) is 36.7. The lowest BCUT2D eigenvalue weighted by Gasteiger charge is -2.63. The SMILES string of the molecule is C[C@H]1C2CC3CC(C2)C2(c4ccccc4-c4cc(N(c5ccc(-c6ccc(-c7ccccc7)cc6)cc5)c5cccc6c5-c5ccccc5C65C6CC7CC(C6)CC5C7)ccc42)C1C3. The van der Waals surface area contributed by atoms with Gasteiger partial charge in [-0.05, 0) is 203 Å². The van der Waals surface area contributed by atoms with Gasteiger partial charge < -0.3 is 4.90 Å². The highest BCUT2D eigenvalue weighted by atomic mass is 15.1. The molecule has 0 saturated heterocycles. The van der Waals surface area contributed by atoms with E-state index in [1.165, 1.54) is 119 Å². The predicted octanol–water partition coefficient (Wildman–Crippen LogP) is 16.2. The second-order valence-electron chi connectivity index (χ2n) is 22.1. The van der Waals surface area contributed by atoms with Crippen molar-refractivity contribution in [1.29, 1.82) is 0 Å². The first-order chi connectivity index (χ1) is 31.6. The first-order valence-corrected chi connectivity index (χ1v) is 25.1. The van der Waals surface area contributed by atoms with Gasteiger partial charge in [0.05, 0.1) is 5.69 Å². The molecule has 17 rings (SSSR count). The molecular weight excluding hydrogens is 771 g/mol. The molecule has 7 aromatic rings. The first-order valence-electron chi connectivity index (χ1n) is 25.1. The summed E-state index contributed by atoms with van der Waals surface area (Å²) in [5.41, 5.74) is 21.6. The van der Waals surface area contributed by atoms with E-state index < -0.39 is 0 Å². The fourth-order valence-corrected chi connectivity index (χ4v) is 17.7. The Bertz CT molecular complexity index is 2980. The van der Waals surface area contributed by atoms with Crippen molar-refractivity contribution in [3.63, 3.8) is 0 Å². The van der Waals surface area contributed by atoms with E-state index in [-0.39, 0.29) is 10.8 Å². The minimum Gasteiger partial charge on any atom is -0.310 e. The third-order valence-corrected chi connectivity index (χ3v) is 19.7. The summed E-state index contributed by atoms with van der Waals surface area (Å²) in [6, 6.07) is 64.0. The molecule has 10 aliphatic carbocycles. The van der Waals surface area contributed by atoms with Gasteiger partial charge in [0.1, 0.15) is 0 Å². The number of anilines is 3. The third-order valence-electron chi connectivity index (χ3n) is 19.7. The zero-order valence-electron chi connectivity index (χ0n) is 37.1. The van der Waals surface area contributed by atoms with Gasteiger partial charge in [0, 0.05) is 27.8 Å². The maximum Gasteiger partial charge on any atom is 0.0543 e. The van der Waals surface area contributed by atoms with Gasteiger partial charge in [-0.2, -0.15) is 0 Å². The van der Waals surface area contributed by atoms with E-state index in [9.17, 15) is 0 Å². The molecule has 1 heteroatoms. The van der Waals surface area contributed by atoms with Crippen LogP contribution < -0.4 is 4.90 Å². The molecule has 7 aromatic carbocycles. The molecule has 6 atom stereocenters. The summed E-state index contributed by atoms with van der Waals surface area (Å²) in [5, 5.41) is 0. The zero-order chi connectivity index (χ0) is 41.9. The Kier molecular flexibility index (Phi) is 7.57. The van der Waals surface area contributed by atoms with Crippen LogP contribution in [0.3, 0.4) is 0 Å². The average Bonchev–Trinajstić information content (AvgIpc) is 3.80. The van der Waals surface area contributed by atoms with Gasteiger partial charge in [-0.3, -0.25) is 0 Å². The molecular formula is C63H57N. The smallest absolute Gasteiger partial charge is 0.0543 e. The van der Waals surface area contributed by atoms with E-state index >= 15 is 0 Å². The van der Waals surface area contributed by atoms with E-state index in [0.717, 1.165) is 53.3 Å². The highest BCUT2D eigenvalue weighted by Gasteiger charge is 2.64. The number of benzene rings is 7. The lowest BCUT2D eigenvalue weighted by Crippen LogP contribution is -2.58. The highest BCUT2D eigenvalue weighted by molar-refractivity contribution is 5.97. The molecule has 64 heavy (non-hydrogen) atoms. The Balaban J connectivity index is 0.914. The number of hydrogen-bond acceptors (Lipinski definition) is 1. The molecule has 10 aliphatic rings. The van der Waals surface area contributed by atoms with Gasteiger partial charge in [0.2, 0.25) is 0 Å². The number of nitrogens with zero attached hydrogens (tertiary/aromatic N) is 1. The standard InChI is InChI=1S/C63H57N/c1-38-46-29-41-34-49(36-46)63(59(38)35-41)55-14-7-5-12-52(55)54-37-51(26-27-57(54)63)64(50-24-22-45(23-25-50)44-20-18-43(19-21-44)42-10-3-2-4-11-42)60-17-9-16-58-61(60)53-13-6-8-15-56(53)62(58)47-30-39-28-40(32-47)33-48(62)31-39/h2-27,37-41,46-49,59H,28-36H2,1H3/t38-,39?,40?,41?,46?,47?,48?,49?,59?,62?,63?/m0/s1. The van der Waals surface area contributed by atoms with Gasteiger partial charge in [-0.15, -0.1) is 0 Å². The number of hydrogen-bond donors (Lipinski definition) is 0. The highest BCUT2D eigenvalue weighted by Crippen LogP contribution is 2.72. The van der Waals surface area contributed by atoms with Crippen LogP contribution in [0.1, 0.15) is 87.0 Å². The Hall–Kier alpha value is -5.66. The molecule has 1 nitrogen and oxygen atoms in total. The lowest BCUT2D eigenvalue weighted by molar-refractivity contribution is -0.0817. The van der Waals surface area contributed by atoms with Crippen molar-refractivity contribution < 1.29 is 0 Å². The van der Waals surface area contributed by atoms with Gasteiger partial charge in [0.15, 0.2) is 0 Å². The molecule has 314 valence electrons. The predicted molar refractivity (Wildman–Crippen MR) is 263 cm³/mol. The summed E-state index contributed by atoms with van der Waals surface area (Å²) in [6.07, 6.45) is 12.8. The number of rotatable bonds is 5. The van der Waals surface area contributed by atoms with Crippen LogP contribution in [0.2, 0.25) is 0 Å². The van der Waals surface area contributed by atoms with Crippen molar-refractivity contribution >= 4 is 17.1 Å². The van der Waals surface area contributed by atoms with E-state index in [2.05, 4.69) is 176 Å². The van der Waals surface area contributed by atoms with Crippen LogP contribution in [-0.2, 0) is 10.8 Å². The normalized spacial score (nSPS) is 32.5. The Morgan fingerprint density at radius 3 is 1.62 bits per heavy atom. The van der Waals surface area contributed by atoms with Crippen LogP contribution in [0.5, 0.6) is 0 Å². The fourth-order valence-electron chi connectivity index (χ4n) is 17.7. The molecule has 5 unspecified atom stereocenters. The minimum absolute atomic E-state index is 0.121. The Morgan fingerprint density at radius 2 is 0.922 bits per heavy atom. The van der Waals surface area contributed by atoms with Crippen molar-refractivity contribution in [1.82, 2.24) is 0 Å². The second kappa shape index (κ2) is 13.2. The van der Waals surface area contributed by atoms with Gasteiger partial charge in [-0.25, -0.2) is 0 Å². The Morgan fingerprint density at radius 1 is 0.391 bits per heavy atom. The van der Waals surface area contributed by atoms with Crippen LogP contribution in [0, 0.1) is 53.3 Å². The maximum absolute atomic E-state index is 2.67. The van der Waals surface area contributed by atoms with Crippen molar-refractivity contribution in [2.45, 2.75) is 75.5 Å². The molecule has 0 amide bonds. The summed E-state index contributed by atoms with van der Waals surface area (Å²) in [6.45, 7) is 2.62. The Labute approximate surface area is 379 Å². The van der Waals surface area contributed by atoms with Crippen molar-refractivity contribution in [2.75, 3.05) is 4.90 Å². The summed E-state index contributed by atoms with van der Waals surface area (Å²) in [4.78, 5) is 2.67. The van der Waals surface area contributed by atoms with Gasteiger partial charge >= 0.3 is 0 Å². The van der Waals surface area contributed by atoms with E-state index in [0.29, 0.717) is 0 Å². The summed E-state index contributed by atoms with van der Waals surface area (Å²) >= 11 is 0. The topological polar surface area (TPSA) is 3.24 Å². The summed E-state index contributed by atoms with van der Waals surface area (Å²) < 4.78 is 0. The molecule has 2 spiro atoms. The monoisotopic (exact) mass is 827 g/mol. The largest absolute Gasteiger partial charge is 0.310 e. The van der Waals surface area contributed by atoms with Gasteiger partial charge in [0.25, 0.3) is 0 Å². The quantitative estimate of drug-likeness (QED) is 0.167. The lowest BCUT2D eigenvalue weighted by atomic mass is 9.40. The van der Waals surface area contributed by atoms with Crippen LogP contribution in [0.25, 0.3) is 44.5 Å². The maximum atomic E-state index is 2.67. The van der Waals surface area contributed by atoms with Crippen LogP contribution >= 0.6 is 0 Å². The van der Waals surface area contributed by atoms with Crippen LogP contribution in [0.4, 0.5) is 17.1 Å². The van der Waals surface area contributed by atoms with E-state index in [1.54, 1.807) is 22.3 Å². The fraction of sp³-hybridized carbons (Fsp3) is 0.333. The molecule has 0 N–H and O–H groups in total. The van der Waals surface area contributed by atoms with Gasteiger partial charge in [-0.1, -0.05) is 140 Å². The molecule has 0 heterocycles. The van der Waals surface area contributed by atoms with E-state index in [4.69, 9.17) is 0 Å². The second-order valence-corrected chi connectivity index (χ2v) is 22.1.